The molecule has 6 nitrogen and oxygen atoms in total. The van der Waals surface area contributed by atoms with Crippen LogP contribution in [0.3, 0.4) is 0 Å². The normalized spacial score (nSPS) is 12.5. The van der Waals surface area contributed by atoms with E-state index in [-0.39, 0.29) is 18.0 Å². The van der Waals surface area contributed by atoms with Gasteiger partial charge in [0.25, 0.3) is 0 Å². The van der Waals surface area contributed by atoms with Crippen LogP contribution < -0.4 is 4.74 Å². The molecule has 0 heterocycles. The maximum Gasteiger partial charge on any atom is 0.422 e. The Labute approximate surface area is 123 Å². The topological polar surface area (TPSA) is 80.5 Å². The summed E-state index contributed by atoms with van der Waals surface area (Å²) in [5.41, 5.74) is -0.525. The van der Waals surface area contributed by atoms with Gasteiger partial charge in [0, 0.05) is 0 Å². The number of rotatable bonds is 6. The molecule has 0 unspecified atom stereocenters. The molecule has 0 radical (unpaired) electrons. The van der Waals surface area contributed by atoms with Crippen molar-refractivity contribution in [3.63, 3.8) is 0 Å². The number of carbonyl (C=O) groups is 1. The van der Waals surface area contributed by atoms with E-state index in [4.69, 9.17) is 5.11 Å². The number of para-hydroxylation sites is 1. The van der Waals surface area contributed by atoms with Crippen molar-refractivity contribution in [1.82, 2.24) is 0 Å². The summed E-state index contributed by atoms with van der Waals surface area (Å²) in [5.74, 6) is -1.08. The lowest BCUT2D eigenvalue weighted by Gasteiger charge is -2.10. The molecule has 0 aliphatic rings. The number of halogens is 3. The maximum atomic E-state index is 12.1. The molecule has 1 aromatic carbocycles. The van der Waals surface area contributed by atoms with Gasteiger partial charge in [-0.2, -0.15) is 13.2 Å². The van der Waals surface area contributed by atoms with E-state index in [2.05, 4.69) is 19.7 Å². The zero-order chi connectivity index (χ0) is 16.6. The molecule has 0 aliphatic heterocycles. The Morgan fingerprint density at radius 3 is 2.64 bits per heavy atom. The zero-order valence-electron chi connectivity index (χ0n) is 11.5. The van der Waals surface area contributed by atoms with Gasteiger partial charge in [0.1, 0.15) is 17.7 Å². The van der Waals surface area contributed by atoms with Crippen molar-refractivity contribution in [1.29, 1.82) is 0 Å². The minimum Gasteiger partial charge on any atom is -0.513 e. The van der Waals surface area contributed by atoms with E-state index in [1.54, 1.807) is 6.92 Å². The van der Waals surface area contributed by atoms with Crippen LogP contribution in [0.25, 0.3) is 0 Å². The molecule has 0 fully saturated rings. The number of alkyl halides is 3. The molecule has 0 atom stereocenters. The highest BCUT2D eigenvalue weighted by Crippen LogP contribution is 2.29. The van der Waals surface area contributed by atoms with Crippen molar-refractivity contribution >= 4 is 11.7 Å². The van der Waals surface area contributed by atoms with Crippen LogP contribution in [0, 0.1) is 0 Å². The molecule has 0 amide bonds. The number of esters is 1. The first-order valence-corrected chi connectivity index (χ1v) is 6.09. The average Bonchev–Trinajstić information content (AvgIpc) is 2.46. The Hall–Kier alpha value is -2.58. The SMILES string of the molecule is CCOC(=O)C(=CO)N=Nc1ccccc1OCC(F)(F)F. The van der Waals surface area contributed by atoms with Gasteiger partial charge in [0.05, 0.1) is 6.61 Å². The molecule has 9 heteroatoms. The Morgan fingerprint density at radius 1 is 1.36 bits per heavy atom. The van der Waals surface area contributed by atoms with E-state index in [1.807, 2.05) is 0 Å². The fourth-order valence-electron chi connectivity index (χ4n) is 1.25. The molecule has 120 valence electrons. The predicted octanol–water partition coefficient (Wildman–Crippen LogP) is 3.67. The van der Waals surface area contributed by atoms with Crippen LogP contribution in [-0.4, -0.2) is 30.5 Å². The van der Waals surface area contributed by atoms with Gasteiger partial charge in [0.2, 0.25) is 5.70 Å². The Kier molecular flexibility index (Phi) is 6.36. The number of aliphatic hydroxyl groups excluding tert-OH is 1. The van der Waals surface area contributed by atoms with E-state index in [0.717, 1.165) is 0 Å². The zero-order valence-corrected chi connectivity index (χ0v) is 11.5. The lowest BCUT2D eigenvalue weighted by molar-refractivity contribution is -0.153. The summed E-state index contributed by atoms with van der Waals surface area (Å²) < 4.78 is 45.7. The maximum absolute atomic E-state index is 12.1. The third-order valence-corrected chi connectivity index (χ3v) is 2.13. The number of ether oxygens (including phenoxy) is 2. The number of hydrogen-bond donors (Lipinski definition) is 1. The Balaban J connectivity index is 2.88. The Bertz CT molecular complexity index is 571. The lowest BCUT2D eigenvalue weighted by Crippen LogP contribution is -2.19. The molecule has 0 saturated carbocycles. The third-order valence-electron chi connectivity index (χ3n) is 2.13. The standard InChI is InChI=1S/C13H13F3N2O4/c1-2-21-12(20)10(7-19)18-17-9-5-3-4-6-11(9)22-8-13(14,15)16/h3-7,19H,2,8H2,1H3. The number of nitrogens with zero attached hydrogens (tertiary/aromatic N) is 2. The van der Waals surface area contributed by atoms with E-state index in [1.165, 1.54) is 24.3 Å². The summed E-state index contributed by atoms with van der Waals surface area (Å²) in [4.78, 5) is 11.4. The molecule has 22 heavy (non-hydrogen) atoms. The second-order valence-corrected chi connectivity index (χ2v) is 3.81. The van der Waals surface area contributed by atoms with Crippen LogP contribution in [0.2, 0.25) is 0 Å². The third kappa shape index (κ3) is 5.81. The highest BCUT2D eigenvalue weighted by Gasteiger charge is 2.28. The minimum absolute atomic E-state index is 0.0320. The van der Waals surface area contributed by atoms with E-state index < -0.39 is 24.4 Å². The summed E-state index contributed by atoms with van der Waals surface area (Å²) in [7, 11) is 0. The van der Waals surface area contributed by atoms with Crippen molar-refractivity contribution in [2.45, 2.75) is 13.1 Å². The van der Waals surface area contributed by atoms with E-state index in [0.29, 0.717) is 6.26 Å². The molecule has 1 N–H and O–H groups in total. The highest BCUT2D eigenvalue weighted by atomic mass is 19.4. The summed E-state index contributed by atoms with van der Waals surface area (Å²) in [6, 6.07) is 5.57. The van der Waals surface area contributed by atoms with Gasteiger partial charge in [0.15, 0.2) is 6.61 Å². The molecule has 1 aromatic rings. The van der Waals surface area contributed by atoms with Crippen molar-refractivity contribution < 1.29 is 32.5 Å². The molecule has 0 aromatic heterocycles. The fraction of sp³-hybridized carbons (Fsp3) is 0.308. The predicted molar refractivity (Wildman–Crippen MR) is 69.9 cm³/mol. The highest BCUT2D eigenvalue weighted by molar-refractivity contribution is 5.87. The summed E-state index contributed by atoms with van der Waals surface area (Å²) in [5, 5.41) is 15.9. The van der Waals surface area contributed by atoms with Gasteiger partial charge in [-0.25, -0.2) is 4.79 Å². The first kappa shape index (κ1) is 17.5. The van der Waals surface area contributed by atoms with Gasteiger partial charge in [-0.3, -0.25) is 0 Å². The number of azo groups is 1. The van der Waals surface area contributed by atoms with Crippen LogP contribution in [0.15, 0.2) is 46.5 Å². The summed E-state index contributed by atoms with van der Waals surface area (Å²) >= 11 is 0. The molecular formula is C13H13F3N2O4. The first-order valence-electron chi connectivity index (χ1n) is 6.09. The van der Waals surface area contributed by atoms with Gasteiger partial charge < -0.3 is 14.6 Å². The number of benzene rings is 1. The monoisotopic (exact) mass is 318 g/mol. The fourth-order valence-corrected chi connectivity index (χ4v) is 1.25. The number of aliphatic hydroxyl groups is 1. The molecule has 0 saturated heterocycles. The second-order valence-electron chi connectivity index (χ2n) is 3.81. The van der Waals surface area contributed by atoms with E-state index in [9.17, 15) is 18.0 Å². The van der Waals surface area contributed by atoms with Crippen molar-refractivity contribution in [2.24, 2.45) is 10.2 Å². The van der Waals surface area contributed by atoms with Gasteiger partial charge in [-0.15, -0.1) is 10.2 Å². The summed E-state index contributed by atoms with van der Waals surface area (Å²) in [6.45, 7) is 0.140. The quantitative estimate of drug-likeness (QED) is 0.375. The Morgan fingerprint density at radius 2 is 2.05 bits per heavy atom. The second kappa shape index (κ2) is 8.01. The van der Waals surface area contributed by atoms with Gasteiger partial charge in [-0.05, 0) is 19.1 Å². The van der Waals surface area contributed by atoms with E-state index >= 15 is 0 Å². The van der Waals surface area contributed by atoms with Gasteiger partial charge in [-0.1, -0.05) is 12.1 Å². The van der Waals surface area contributed by atoms with Gasteiger partial charge >= 0.3 is 12.1 Å². The molecular weight excluding hydrogens is 305 g/mol. The minimum atomic E-state index is -4.49. The average molecular weight is 318 g/mol. The van der Waals surface area contributed by atoms with Crippen molar-refractivity contribution in [2.75, 3.05) is 13.2 Å². The smallest absolute Gasteiger partial charge is 0.422 e. The van der Waals surface area contributed by atoms with Crippen LogP contribution in [0.4, 0.5) is 18.9 Å². The number of carbonyl (C=O) groups excluding carboxylic acids is 1. The first-order chi connectivity index (χ1) is 10.4. The molecule has 0 aliphatic carbocycles. The van der Waals surface area contributed by atoms with Crippen LogP contribution in [0.5, 0.6) is 5.75 Å². The molecule has 0 spiro atoms. The summed E-state index contributed by atoms with van der Waals surface area (Å²) in [6.07, 6.45) is -4.11. The largest absolute Gasteiger partial charge is 0.513 e. The molecule has 0 bridgehead atoms. The van der Waals surface area contributed by atoms with Crippen LogP contribution in [0.1, 0.15) is 6.92 Å². The molecule has 1 rings (SSSR count). The van der Waals surface area contributed by atoms with Crippen molar-refractivity contribution in [3.05, 3.63) is 36.2 Å². The van der Waals surface area contributed by atoms with Crippen LogP contribution >= 0.6 is 0 Å². The van der Waals surface area contributed by atoms with Crippen LogP contribution in [-0.2, 0) is 9.53 Å². The lowest BCUT2D eigenvalue weighted by atomic mass is 10.3. The number of hydrogen-bond acceptors (Lipinski definition) is 6. The van der Waals surface area contributed by atoms with Crippen molar-refractivity contribution in [3.8, 4) is 5.75 Å².